The first-order chi connectivity index (χ1) is 6.06. The highest BCUT2D eigenvalue weighted by atomic mass is 19.1. The van der Waals surface area contributed by atoms with Crippen LogP contribution in [0.25, 0.3) is 0 Å². The summed E-state index contributed by atoms with van der Waals surface area (Å²) in [5, 5.41) is 9.15. The second-order valence-corrected chi connectivity index (χ2v) is 2.59. The topological polar surface area (TPSA) is 46.2 Å². The maximum Gasteiger partial charge on any atom is 0.168 e. The lowest BCUT2D eigenvalue weighted by atomic mass is 10.1. The summed E-state index contributed by atoms with van der Waals surface area (Å²) in [6, 6.07) is 0.796. The van der Waals surface area contributed by atoms with E-state index in [4.69, 9.17) is 10.8 Å². The van der Waals surface area contributed by atoms with E-state index in [-0.39, 0.29) is 5.56 Å². The summed E-state index contributed by atoms with van der Waals surface area (Å²) in [5.74, 6) is -2.43. The second kappa shape index (κ2) is 3.53. The summed E-state index contributed by atoms with van der Waals surface area (Å²) in [5.41, 5.74) is 5.41. The fourth-order valence-electron chi connectivity index (χ4n) is 0.967. The lowest BCUT2D eigenvalue weighted by molar-refractivity contribution is 0.419. The Bertz CT molecular complexity index is 339. The van der Waals surface area contributed by atoms with E-state index < -0.39 is 23.4 Å². The largest absolute Gasteiger partial charge is 0.505 e. The van der Waals surface area contributed by atoms with Gasteiger partial charge in [-0.05, 0) is 6.07 Å². The van der Waals surface area contributed by atoms with E-state index in [1.807, 2.05) is 0 Å². The first kappa shape index (κ1) is 9.67. The fourth-order valence-corrected chi connectivity index (χ4v) is 0.967. The average molecular weight is 185 g/mol. The summed E-state index contributed by atoms with van der Waals surface area (Å²) in [4.78, 5) is 0. The van der Waals surface area contributed by atoms with Gasteiger partial charge < -0.3 is 10.8 Å². The molecule has 0 aromatic heterocycles. The van der Waals surface area contributed by atoms with Crippen LogP contribution < -0.4 is 5.73 Å². The minimum absolute atomic E-state index is 0.00694. The summed E-state index contributed by atoms with van der Waals surface area (Å²) in [7, 11) is 0. The molecule has 70 valence electrons. The van der Waals surface area contributed by atoms with E-state index in [1.165, 1.54) is 6.08 Å². The minimum atomic E-state index is -1.02. The molecule has 1 atom stereocenters. The van der Waals surface area contributed by atoms with Gasteiger partial charge >= 0.3 is 0 Å². The van der Waals surface area contributed by atoms with E-state index >= 15 is 0 Å². The molecule has 0 radical (unpaired) electrons. The Morgan fingerprint density at radius 3 is 2.62 bits per heavy atom. The van der Waals surface area contributed by atoms with E-state index in [9.17, 15) is 8.78 Å². The Labute approximate surface area is 74.3 Å². The Morgan fingerprint density at radius 2 is 2.08 bits per heavy atom. The minimum Gasteiger partial charge on any atom is -0.505 e. The molecule has 0 aliphatic carbocycles. The van der Waals surface area contributed by atoms with Crippen molar-refractivity contribution in [3.05, 3.63) is 42.0 Å². The van der Waals surface area contributed by atoms with Crippen molar-refractivity contribution in [3.63, 3.8) is 0 Å². The monoisotopic (exact) mass is 185 g/mol. The van der Waals surface area contributed by atoms with Gasteiger partial charge in [-0.15, -0.1) is 6.58 Å². The molecule has 0 heterocycles. The smallest absolute Gasteiger partial charge is 0.168 e. The van der Waals surface area contributed by atoms with E-state index in [0.29, 0.717) is 6.07 Å². The van der Waals surface area contributed by atoms with Crippen molar-refractivity contribution in [2.75, 3.05) is 0 Å². The number of benzene rings is 1. The number of halogens is 2. The van der Waals surface area contributed by atoms with Crippen LogP contribution in [-0.4, -0.2) is 5.11 Å². The maximum atomic E-state index is 12.8. The van der Waals surface area contributed by atoms with Crippen LogP contribution in [0.5, 0.6) is 5.75 Å². The van der Waals surface area contributed by atoms with E-state index in [2.05, 4.69) is 6.58 Å². The normalized spacial score (nSPS) is 12.5. The molecule has 1 unspecified atom stereocenters. The molecular formula is C9H9F2NO. The van der Waals surface area contributed by atoms with Gasteiger partial charge in [-0.3, -0.25) is 0 Å². The van der Waals surface area contributed by atoms with Crippen LogP contribution in [0.1, 0.15) is 11.6 Å². The van der Waals surface area contributed by atoms with Crippen molar-refractivity contribution in [2.24, 2.45) is 5.73 Å². The summed E-state index contributed by atoms with van der Waals surface area (Å²) in [6.45, 7) is 3.36. The molecule has 3 N–H and O–H groups in total. The van der Waals surface area contributed by atoms with Gasteiger partial charge in [0.15, 0.2) is 11.6 Å². The van der Waals surface area contributed by atoms with Crippen molar-refractivity contribution >= 4 is 0 Å². The van der Waals surface area contributed by atoms with Crippen molar-refractivity contribution in [3.8, 4) is 5.75 Å². The van der Waals surface area contributed by atoms with Gasteiger partial charge in [-0.1, -0.05) is 6.08 Å². The lowest BCUT2D eigenvalue weighted by Gasteiger charge is -2.09. The standard InChI is InChI=1S/C9H9F2NO/c1-2-8(12)6-3-5(10)4-7(11)9(6)13/h2-4,8,13H,1,12H2. The maximum absolute atomic E-state index is 12.8. The highest BCUT2D eigenvalue weighted by molar-refractivity contribution is 5.38. The number of hydrogen-bond donors (Lipinski definition) is 2. The van der Waals surface area contributed by atoms with Gasteiger partial charge in [0, 0.05) is 11.6 Å². The average Bonchev–Trinajstić information content (AvgIpc) is 2.10. The molecule has 0 amide bonds. The SMILES string of the molecule is C=CC(N)c1cc(F)cc(F)c1O. The van der Waals surface area contributed by atoms with Gasteiger partial charge in [-0.2, -0.15) is 0 Å². The predicted octanol–water partition coefficient (Wildman–Crippen LogP) is 1.86. The molecule has 0 aliphatic heterocycles. The van der Waals surface area contributed by atoms with Crippen LogP contribution in [0.4, 0.5) is 8.78 Å². The molecule has 0 bridgehead atoms. The van der Waals surface area contributed by atoms with E-state index in [0.717, 1.165) is 6.07 Å². The van der Waals surface area contributed by atoms with Crippen LogP contribution >= 0.6 is 0 Å². The Morgan fingerprint density at radius 1 is 1.46 bits per heavy atom. The number of phenolic OH excluding ortho intramolecular Hbond substituents is 1. The van der Waals surface area contributed by atoms with Crippen molar-refractivity contribution in [1.82, 2.24) is 0 Å². The number of aromatic hydroxyl groups is 1. The zero-order valence-corrected chi connectivity index (χ0v) is 6.80. The van der Waals surface area contributed by atoms with Crippen molar-refractivity contribution in [1.29, 1.82) is 0 Å². The van der Waals surface area contributed by atoms with Crippen LogP contribution in [-0.2, 0) is 0 Å². The van der Waals surface area contributed by atoms with Crippen molar-refractivity contribution < 1.29 is 13.9 Å². The highest BCUT2D eigenvalue weighted by Crippen LogP contribution is 2.27. The summed E-state index contributed by atoms with van der Waals surface area (Å²) in [6.07, 6.45) is 1.29. The Kier molecular flexibility index (Phi) is 2.63. The molecule has 2 nitrogen and oxygen atoms in total. The first-order valence-corrected chi connectivity index (χ1v) is 3.62. The van der Waals surface area contributed by atoms with Crippen LogP contribution in [0, 0.1) is 11.6 Å². The van der Waals surface area contributed by atoms with Gasteiger partial charge in [0.1, 0.15) is 5.82 Å². The van der Waals surface area contributed by atoms with E-state index in [1.54, 1.807) is 0 Å². The van der Waals surface area contributed by atoms with Gasteiger partial charge in [0.25, 0.3) is 0 Å². The molecule has 0 saturated heterocycles. The zero-order valence-electron chi connectivity index (χ0n) is 6.80. The molecule has 0 fully saturated rings. The number of phenols is 1. The number of nitrogens with two attached hydrogens (primary N) is 1. The Hall–Kier alpha value is -1.42. The predicted molar refractivity (Wildman–Crippen MR) is 45.1 cm³/mol. The van der Waals surface area contributed by atoms with Crippen LogP contribution in [0.3, 0.4) is 0 Å². The Balaban J connectivity index is 3.27. The molecule has 0 aliphatic rings. The molecule has 0 spiro atoms. The van der Waals surface area contributed by atoms with Gasteiger partial charge in [0.2, 0.25) is 0 Å². The third-order valence-corrected chi connectivity index (χ3v) is 1.67. The third kappa shape index (κ3) is 1.84. The van der Waals surface area contributed by atoms with Gasteiger partial charge in [-0.25, -0.2) is 8.78 Å². The lowest BCUT2D eigenvalue weighted by Crippen LogP contribution is -2.07. The molecule has 4 heteroatoms. The molecule has 0 saturated carbocycles. The van der Waals surface area contributed by atoms with Crippen LogP contribution in [0.15, 0.2) is 24.8 Å². The number of rotatable bonds is 2. The number of hydrogen-bond acceptors (Lipinski definition) is 2. The highest BCUT2D eigenvalue weighted by Gasteiger charge is 2.13. The fraction of sp³-hybridized carbons (Fsp3) is 0.111. The summed E-state index contributed by atoms with van der Waals surface area (Å²) < 4.78 is 25.4. The molecule has 1 rings (SSSR count). The molecule has 1 aromatic carbocycles. The molecule has 1 aromatic rings. The third-order valence-electron chi connectivity index (χ3n) is 1.67. The zero-order chi connectivity index (χ0) is 10.0. The molecule has 13 heavy (non-hydrogen) atoms. The quantitative estimate of drug-likeness (QED) is 0.691. The first-order valence-electron chi connectivity index (χ1n) is 3.62. The van der Waals surface area contributed by atoms with Gasteiger partial charge in [0.05, 0.1) is 6.04 Å². The second-order valence-electron chi connectivity index (χ2n) is 2.59. The summed E-state index contributed by atoms with van der Waals surface area (Å²) >= 11 is 0. The van der Waals surface area contributed by atoms with Crippen LogP contribution in [0.2, 0.25) is 0 Å². The molecular weight excluding hydrogens is 176 g/mol. The van der Waals surface area contributed by atoms with Crippen molar-refractivity contribution in [2.45, 2.75) is 6.04 Å².